The molecule has 2 aromatic rings. The normalized spacial score (nSPS) is 27.0. The lowest BCUT2D eigenvalue weighted by Crippen LogP contribution is -2.43. The van der Waals surface area contributed by atoms with E-state index < -0.39 is 0 Å². The average molecular weight is 273 g/mol. The first-order chi connectivity index (χ1) is 9.71. The second-order valence-electron chi connectivity index (χ2n) is 5.87. The fourth-order valence-corrected chi connectivity index (χ4v) is 2.99. The molecule has 0 radical (unpaired) electrons. The van der Waals surface area contributed by atoms with Gasteiger partial charge in [0.2, 0.25) is 0 Å². The minimum absolute atomic E-state index is 0.317. The van der Waals surface area contributed by atoms with E-state index in [2.05, 4.69) is 31.3 Å². The molecule has 2 unspecified atom stereocenters. The smallest absolute Gasteiger partial charge is 0.136 e. The van der Waals surface area contributed by atoms with Gasteiger partial charge in [0.25, 0.3) is 0 Å². The molecule has 3 nitrogen and oxygen atoms in total. The Hall–Kier alpha value is -1.32. The second-order valence-corrected chi connectivity index (χ2v) is 5.87. The molecule has 0 saturated carbocycles. The van der Waals surface area contributed by atoms with Gasteiger partial charge in [-0.2, -0.15) is 0 Å². The quantitative estimate of drug-likeness (QED) is 0.919. The summed E-state index contributed by atoms with van der Waals surface area (Å²) in [5.74, 6) is 0.946. The van der Waals surface area contributed by atoms with E-state index in [1.165, 1.54) is 6.42 Å². The summed E-state index contributed by atoms with van der Waals surface area (Å²) in [5, 5.41) is 4.76. The van der Waals surface area contributed by atoms with Gasteiger partial charge < -0.3 is 14.5 Å². The van der Waals surface area contributed by atoms with Gasteiger partial charge in [-0.1, -0.05) is 25.1 Å². The SMILES string of the molecule is CCCNC1CCOC(C)(c2cc3ccccc3o2)C1. The molecule has 3 heteroatoms. The Morgan fingerprint density at radius 3 is 3.00 bits per heavy atom. The lowest BCUT2D eigenvalue weighted by atomic mass is 9.89. The van der Waals surface area contributed by atoms with Crippen molar-refractivity contribution < 1.29 is 9.15 Å². The molecule has 1 saturated heterocycles. The number of hydrogen-bond acceptors (Lipinski definition) is 3. The van der Waals surface area contributed by atoms with Crippen molar-refractivity contribution in [3.63, 3.8) is 0 Å². The summed E-state index contributed by atoms with van der Waals surface area (Å²) in [7, 11) is 0. The third kappa shape index (κ3) is 2.60. The number of fused-ring (bicyclic) bond motifs is 1. The molecule has 1 aromatic heterocycles. The molecule has 1 aromatic carbocycles. The van der Waals surface area contributed by atoms with Gasteiger partial charge in [0.05, 0.1) is 0 Å². The van der Waals surface area contributed by atoms with Crippen LogP contribution in [0.2, 0.25) is 0 Å². The molecule has 20 heavy (non-hydrogen) atoms. The number of para-hydroxylation sites is 1. The van der Waals surface area contributed by atoms with Crippen LogP contribution in [0.1, 0.15) is 38.9 Å². The first kappa shape index (κ1) is 13.7. The summed E-state index contributed by atoms with van der Waals surface area (Å²) in [6.45, 7) is 6.20. The maximum absolute atomic E-state index is 6.06. The summed E-state index contributed by atoms with van der Waals surface area (Å²) in [5.41, 5.74) is 0.624. The van der Waals surface area contributed by atoms with Crippen LogP contribution in [-0.2, 0) is 10.3 Å². The molecule has 0 spiro atoms. The molecule has 1 fully saturated rings. The van der Waals surface area contributed by atoms with Gasteiger partial charge in [-0.25, -0.2) is 0 Å². The minimum atomic E-state index is -0.317. The Kier molecular flexibility index (Phi) is 3.81. The van der Waals surface area contributed by atoms with Crippen LogP contribution in [-0.4, -0.2) is 19.2 Å². The zero-order valence-corrected chi connectivity index (χ0v) is 12.3. The van der Waals surface area contributed by atoms with Gasteiger partial charge in [0.15, 0.2) is 0 Å². The summed E-state index contributed by atoms with van der Waals surface area (Å²) >= 11 is 0. The monoisotopic (exact) mass is 273 g/mol. The molecule has 0 amide bonds. The van der Waals surface area contributed by atoms with E-state index in [0.29, 0.717) is 6.04 Å². The average Bonchev–Trinajstić information content (AvgIpc) is 2.90. The van der Waals surface area contributed by atoms with E-state index in [9.17, 15) is 0 Å². The maximum Gasteiger partial charge on any atom is 0.136 e. The van der Waals surface area contributed by atoms with Crippen LogP contribution in [0.15, 0.2) is 34.7 Å². The molecule has 3 rings (SSSR count). The highest BCUT2D eigenvalue weighted by Gasteiger charge is 2.37. The van der Waals surface area contributed by atoms with Crippen molar-refractivity contribution in [2.75, 3.05) is 13.2 Å². The molecule has 1 aliphatic heterocycles. The predicted octanol–water partition coefficient (Wildman–Crippen LogP) is 3.83. The lowest BCUT2D eigenvalue weighted by molar-refractivity contribution is -0.0928. The Bertz CT molecular complexity index is 544. The van der Waals surface area contributed by atoms with Gasteiger partial charge in [0, 0.05) is 18.0 Å². The first-order valence-corrected chi connectivity index (χ1v) is 7.58. The Labute approximate surface area is 120 Å². The standard InChI is InChI=1S/C17H23NO2/c1-3-9-18-14-8-10-19-17(2,12-14)16-11-13-6-4-5-7-15(13)20-16/h4-7,11,14,18H,3,8-10,12H2,1-2H3. The highest BCUT2D eigenvalue weighted by Crippen LogP contribution is 2.37. The molecule has 108 valence electrons. The van der Waals surface area contributed by atoms with E-state index in [0.717, 1.165) is 42.7 Å². The third-order valence-electron chi connectivity index (χ3n) is 4.15. The molecular formula is C17H23NO2. The van der Waals surface area contributed by atoms with Crippen molar-refractivity contribution in [3.05, 3.63) is 36.1 Å². The summed E-state index contributed by atoms with van der Waals surface area (Å²) in [6.07, 6.45) is 3.21. The second kappa shape index (κ2) is 5.58. The third-order valence-corrected chi connectivity index (χ3v) is 4.15. The van der Waals surface area contributed by atoms with Crippen LogP contribution in [0.5, 0.6) is 0 Å². The van der Waals surface area contributed by atoms with Gasteiger partial charge in [-0.3, -0.25) is 0 Å². The highest BCUT2D eigenvalue weighted by molar-refractivity contribution is 5.77. The van der Waals surface area contributed by atoms with Crippen molar-refractivity contribution in [1.82, 2.24) is 5.32 Å². The number of benzene rings is 1. The predicted molar refractivity (Wildman–Crippen MR) is 80.8 cm³/mol. The Morgan fingerprint density at radius 2 is 2.20 bits per heavy atom. The van der Waals surface area contributed by atoms with Gasteiger partial charge in [-0.15, -0.1) is 0 Å². The number of ether oxygens (including phenoxy) is 1. The van der Waals surface area contributed by atoms with Crippen molar-refractivity contribution in [3.8, 4) is 0 Å². The van der Waals surface area contributed by atoms with Crippen LogP contribution in [0.25, 0.3) is 11.0 Å². The van der Waals surface area contributed by atoms with Gasteiger partial charge in [-0.05, 0) is 44.9 Å². The van der Waals surface area contributed by atoms with E-state index in [4.69, 9.17) is 9.15 Å². The zero-order valence-electron chi connectivity index (χ0n) is 12.3. The topological polar surface area (TPSA) is 34.4 Å². The van der Waals surface area contributed by atoms with E-state index in [1.54, 1.807) is 0 Å². The van der Waals surface area contributed by atoms with Crippen molar-refractivity contribution >= 4 is 11.0 Å². The summed E-state index contributed by atoms with van der Waals surface area (Å²) in [4.78, 5) is 0. The lowest BCUT2D eigenvalue weighted by Gasteiger charge is -2.37. The van der Waals surface area contributed by atoms with Crippen LogP contribution in [0, 0.1) is 0 Å². The highest BCUT2D eigenvalue weighted by atomic mass is 16.5. The van der Waals surface area contributed by atoms with Crippen LogP contribution < -0.4 is 5.32 Å². The molecule has 0 aliphatic carbocycles. The van der Waals surface area contributed by atoms with E-state index >= 15 is 0 Å². The molecular weight excluding hydrogens is 250 g/mol. The number of nitrogens with one attached hydrogen (secondary N) is 1. The molecule has 1 aliphatic rings. The van der Waals surface area contributed by atoms with Gasteiger partial charge in [0.1, 0.15) is 16.9 Å². The van der Waals surface area contributed by atoms with Crippen LogP contribution in [0.3, 0.4) is 0 Å². The molecule has 2 heterocycles. The van der Waals surface area contributed by atoms with Gasteiger partial charge >= 0.3 is 0 Å². The molecule has 2 atom stereocenters. The van der Waals surface area contributed by atoms with Crippen molar-refractivity contribution in [2.24, 2.45) is 0 Å². The van der Waals surface area contributed by atoms with Crippen molar-refractivity contribution in [1.29, 1.82) is 0 Å². The molecule has 0 bridgehead atoms. The van der Waals surface area contributed by atoms with Crippen molar-refractivity contribution in [2.45, 2.75) is 44.8 Å². The Balaban J connectivity index is 1.83. The van der Waals surface area contributed by atoms with E-state index in [-0.39, 0.29) is 5.60 Å². The fourth-order valence-electron chi connectivity index (χ4n) is 2.99. The van der Waals surface area contributed by atoms with Crippen LogP contribution >= 0.6 is 0 Å². The largest absolute Gasteiger partial charge is 0.458 e. The minimum Gasteiger partial charge on any atom is -0.458 e. The summed E-state index contributed by atoms with van der Waals surface area (Å²) in [6, 6.07) is 10.8. The Morgan fingerprint density at radius 1 is 1.35 bits per heavy atom. The fraction of sp³-hybridized carbons (Fsp3) is 0.529. The number of rotatable bonds is 4. The van der Waals surface area contributed by atoms with Crippen LogP contribution in [0.4, 0.5) is 0 Å². The zero-order chi connectivity index (χ0) is 14.0. The summed E-state index contributed by atoms with van der Waals surface area (Å²) < 4.78 is 12.1. The molecule has 1 N–H and O–H groups in total. The number of furan rings is 1. The van der Waals surface area contributed by atoms with E-state index in [1.807, 2.05) is 18.2 Å². The first-order valence-electron chi connectivity index (χ1n) is 7.58. The number of hydrogen-bond donors (Lipinski definition) is 1. The maximum atomic E-state index is 6.06.